The van der Waals surface area contributed by atoms with Crippen molar-refractivity contribution in [3.05, 3.63) is 53.8 Å². The van der Waals surface area contributed by atoms with E-state index >= 15 is 0 Å². The first-order valence-corrected chi connectivity index (χ1v) is 13.3. The van der Waals surface area contributed by atoms with Crippen molar-refractivity contribution in [3.8, 4) is 0 Å². The normalized spacial score (nSPS) is 18.4. The number of halogens is 1. The highest BCUT2D eigenvalue weighted by atomic mass is 32.2. The lowest BCUT2D eigenvalue weighted by atomic mass is 10.2. The first-order valence-electron chi connectivity index (χ1n) is 10.9. The Morgan fingerprint density at radius 2 is 1.71 bits per heavy atom. The van der Waals surface area contributed by atoms with E-state index in [1.807, 2.05) is 6.07 Å². The lowest BCUT2D eigenvalue weighted by molar-refractivity contribution is 0.477. The minimum Gasteiger partial charge on any atom is -0.316 e. The molecule has 0 unspecified atom stereocenters. The number of fused-ring (bicyclic) bond motifs is 1. The molecular weight excluding hydrogens is 433 g/mol. The Bertz CT molecular complexity index is 1180. The Balaban J connectivity index is 1.50. The molecule has 0 spiro atoms. The van der Waals surface area contributed by atoms with Gasteiger partial charge in [0.15, 0.2) is 5.16 Å². The van der Waals surface area contributed by atoms with Crippen LogP contribution < -0.4 is 0 Å². The van der Waals surface area contributed by atoms with E-state index in [0.717, 1.165) is 47.4 Å². The van der Waals surface area contributed by atoms with Crippen LogP contribution in [0.3, 0.4) is 0 Å². The summed E-state index contributed by atoms with van der Waals surface area (Å²) in [6.07, 6.45) is 6.47. The van der Waals surface area contributed by atoms with E-state index < -0.39 is 10.0 Å². The second-order valence-corrected chi connectivity index (χ2v) is 11.3. The Morgan fingerprint density at radius 3 is 2.42 bits per heavy atom. The fourth-order valence-electron chi connectivity index (χ4n) is 4.64. The van der Waals surface area contributed by atoms with Crippen LogP contribution in [-0.4, -0.2) is 35.4 Å². The summed E-state index contributed by atoms with van der Waals surface area (Å²) in [7, 11) is -3.47. The molecule has 1 saturated heterocycles. The molecule has 0 atom stereocenters. The van der Waals surface area contributed by atoms with E-state index in [4.69, 9.17) is 4.98 Å². The van der Waals surface area contributed by atoms with Crippen molar-refractivity contribution in [1.82, 2.24) is 13.9 Å². The molecule has 2 fully saturated rings. The van der Waals surface area contributed by atoms with E-state index in [1.54, 1.807) is 40.3 Å². The maximum atomic E-state index is 13.2. The van der Waals surface area contributed by atoms with E-state index in [2.05, 4.69) is 4.57 Å². The molecule has 1 aromatic heterocycles. The van der Waals surface area contributed by atoms with Crippen LogP contribution in [0.5, 0.6) is 0 Å². The molecule has 0 radical (unpaired) electrons. The Kier molecular flexibility index (Phi) is 5.79. The van der Waals surface area contributed by atoms with Gasteiger partial charge in [0, 0.05) is 24.9 Å². The van der Waals surface area contributed by atoms with Gasteiger partial charge in [-0.1, -0.05) is 36.7 Å². The zero-order chi connectivity index (χ0) is 21.4. The minimum absolute atomic E-state index is 0.237. The maximum Gasteiger partial charge on any atom is 0.243 e. The van der Waals surface area contributed by atoms with Crippen LogP contribution in [0.2, 0.25) is 0 Å². The third-order valence-electron chi connectivity index (χ3n) is 6.30. The standard InChI is InChI=1S/C23H26FN3O2S2/c24-18-9-7-17(8-10-18)16-30-23-25-21-15-20(31(28,29)26-13-3-4-14-26)11-12-22(21)27(23)19-5-1-2-6-19/h7-12,15,19H,1-6,13-14,16H2. The lowest BCUT2D eigenvalue weighted by Gasteiger charge is -2.17. The molecule has 1 saturated carbocycles. The Morgan fingerprint density at radius 1 is 1.00 bits per heavy atom. The number of nitrogens with zero attached hydrogens (tertiary/aromatic N) is 3. The van der Waals surface area contributed by atoms with Crippen LogP contribution in [0.4, 0.5) is 4.39 Å². The molecule has 5 nitrogen and oxygen atoms in total. The van der Waals surface area contributed by atoms with Gasteiger partial charge in [0.05, 0.1) is 15.9 Å². The highest BCUT2D eigenvalue weighted by molar-refractivity contribution is 7.98. The minimum atomic E-state index is -3.47. The van der Waals surface area contributed by atoms with Crippen LogP contribution in [-0.2, 0) is 15.8 Å². The number of hydrogen-bond acceptors (Lipinski definition) is 4. The van der Waals surface area contributed by atoms with E-state index in [-0.39, 0.29) is 5.82 Å². The zero-order valence-corrected chi connectivity index (χ0v) is 19.0. The molecule has 1 aliphatic carbocycles. The monoisotopic (exact) mass is 459 g/mol. The zero-order valence-electron chi connectivity index (χ0n) is 17.3. The van der Waals surface area contributed by atoms with Crippen LogP contribution in [0.1, 0.15) is 50.1 Å². The quantitative estimate of drug-likeness (QED) is 0.465. The first-order chi connectivity index (χ1) is 15.0. The molecule has 2 aliphatic rings. The number of sulfonamides is 1. The summed E-state index contributed by atoms with van der Waals surface area (Å²) in [5.74, 6) is 0.452. The Labute approximate surface area is 186 Å². The highest BCUT2D eigenvalue weighted by Gasteiger charge is 2.29. The van der Waals surface area contributed by atoms with Crippen molar-refractivity contribution >= 4 is 32.8 Å². The fraction of sp³-hybridized carbons (Fsp3) is 0.435. The van der Waals surface area contributed by atoms with Crippen LogP contribution >= 0.6 is 11.8 Å². The molecule has 8 heteroatoms. The average molecular weight is 460 g/mol. The van der Waals surface area contributed by atoms with Crippen molar-refractivity contribution in [3.63, 3.8) is 0 Å². The maximum absolute atomic E-state index is 13.2. The van der Waals surface area contributed by atoms with Crippen molar-refractivity contribution < 1.29 is 12.8 Å². The predicted molar refractivity (Wildman–Crippen MR) is 121 cm³/mol. The number of thioether (sulfide) groups is 1. The van der Waals surface area contributed by atoms with Gasteiger partial charge in [0.1, 0.15) is 5.82 Å². The number of rotatable bonds is 6. The van der Waals surface area contributed by atoms with E-state index in [9.17, 15) is 12.8 Å². The topological polar surface area (TPSA) is 55.2 Å². The van der Waals surface area contributed by atoms with Gasteiger partial charge >= 0.3 is 0 Å². The van der Waals surface area contributed by atoms with Crippen molar-refractivity contribution in [2.24, 2.45) is 0 Å². The molecular formula is C23H26FN3O2S2. The summed E-state index contributed by atoms with van der Waals surface area (Å²) in [6.45, 7) is 1.19. The van der Waals surface area contributed by atoms with Gasteiger partial charge in [-0.05, 0) is 61.6 Å². The molecule has 0 bridgehead atoms. The predicted octanol–water partition coefficient (Wildman–Crippen LogP) is 5.37. The highest BCUT2D eigenvalue weighted by Crippen LogP contribution is 2.38. The smallest absolute Gasteiger partial charge is 0.243 e. The summed E-state index contributed by atoms with van der Waals surface area (Å²) < 4.78 is 43.1. The van der Waals surface area contributed by atoms with Crippen LogP contribution in [0.25, 0.3) is 11.0 Å². The van der Waals surface area contributed by atoms with Crippen molar-refractivity contribution in [2.75, 3.05) is 13.1 Å². The molecule has 2 aromatic carbocycles. The SMILES string of the molecule is O=S(=O)(c1ccc2c(c1)nc(SCc1ccc(F)cc1)n2C1CCCC1)N1CCCC1. The molecule has 2 heterocycles. The van der Waals surface area contributed by atoms with E-state index in [1.165, 1.54) is 25.0 Å². The molecule has 31 heavy (non-hydrogen) atoms. The number of hydrogen-bond donors (Lipinski definition) is 0. The summed E-state index contributed by atoms with van der Waals surface area (Å²) in [4.78, 5) is 5.19. The Hall–Kier alpha value is -1.90. The third-order valence-corrected chi connectivity index (χ3v) is 9.22. The molecule has 164 valence electrons. The molecule has 5 rings (SSSR count). The first kappa shape index (κ1) is 21.0. The number of benzene rings is 2. The summed E-state index contributed by atoms with van der Waals surface area (Å²) in [5.41, 5.74) is 2.76. The van der Waals surface area contributed by atoms with Crippen molar-refractivity contribution in [2.45, 2.75) is 60.4 Å². The lowest BCUT2D eigenvalue weighted by Crippen LogP contribution is -2.27. The second-order valence-electron chi connectivity index (χ2n) is 8.38. The molecule has 3 aromatic rings. The van der Waals surface area contributed by atoms with Crippen LogP contribution in [0.15, 0.2) is 52.5 Å². The number of aromatic nitrogens is 2. The average Bonchev–Trinajstić information content (AvgIpc) is 3.53. The third kappa shape index (κ3) is 4.13. The largest absolute Gasteiger partial charge is 0.316 e. The van der Waals surface area contributed by atoms with Gasteiger partial charge in [-0.2, -0.15) is 4.31 Å². The molecule has 1 aliphatic heterocycles. The molecule has 0 N–H and O–H groups in total. The van der Waals surface area contributed by atoms with Crippen molar-refractivity contribution in [1.29, 1.82) is 0 Å². The summed E-state index contributed by atoms with van der Waals surface area (Å²) >= 11 is 1.63. The van der Waals surface area contributed by atoms with Gasteiger partial charge in [0.25, 0.3) is 0 Å². The van der Waals surface area contributed by atoms with Gasteiger partial charge in [-0.3, -0.25) is 0 Å². The summed E-state index contributed by atoms with van der Waals surface area (Å²) in [6, 6.07) is 12.3. The fourth-order valence-corrected chi connectivity index (χ4v) is 7.22. The molecule has 0 amide bonds. The van der Waals surface area contributed by atoms with Crippen LogP contribution in [0, 0.1) is 5.82 Å². The number of imidazole rings is 1. The second kappa shape index (κ2) is 8.56. The van der Waals surface area contributed by atoms with Gasteiger partial charge in [-0.15, -0.1) is 0 Å². The van der Waals surface area contributed by atoms with Gasteiger partial charge in [-0.25, -0.2) is 17.8 Å². The van der Waals surface area contributed by atoms with Gasteiger partial charge in [0.2, 0.25) is 10.0 Å². The van der Waals surface area contributed by atoms with E-state index in [0.29, 0.717) is 29.8 Å². The van der Waals surface area contributed by atoms with Gasteiger partial charge < -0.3 is 4.57 Å². The summed E-state index contributed by atoms with van der Waals surface area (Å²) in [5, 5.41) is 0.905.